The zero-order valence-corrected chi connectivity index (χ0v) is 16.9. The number of aliphatic imine (C=N–C) groups is 1. The predicted molar refractivity (Wildman–Crippen MR) is 108 cm³/mol. The molecule has 0 aromatic carbocycles. The lowest BCUT2D eigenvalue weighted by molar-refractivity contribution is -0.106. The molecule has 0 radical (unpaired) electrons. The van der Waals surface area contributed by atoms with Gasteiger partial charge in [-0.15, -0.1) is 0 Å². The molecule has 2 heteroatoms. The Morgan fingerprint density at radius 3 is 2.77 bits per heavy atom. The second kappa shape index (κ2) is 6.17. The van der Waals surface area contributed by atoms with Gasteiger partial charge < -0.3 is 4.79 Å². The monoisotopic (exact) mass is 353 g/mol. The van der Waals surface area contributed by atoms with Crippen LogP contribution in [0.3, 0.4) is 0 Å². The Labute approximate surface area is 159 Å². The summed E-state index contributed by atoms with van der Waals surface area (Å²) in [5.41, 5.74) is 4.38. The van der Waals surface area contributed by atoms with Crippen LogP contribution in [-0.4, -0.2) is 18.5 Å². The number of nitrogens with zero attached hydrogens (tertiary/aromatic N) is 1. The van der Waals surface area contributed by atoms with E-state index in [0.717, 1.165) is 18.1 Å². The molecule has 142 valence electrons. The molecule has 0 N–H and O–H groups in total. The van der Waals surface area contributed by atoms with Crippen LogP contribution in [0.25, 0.3) is 0 Å². The van der Waals surface area contributed by atoms with E-state index in [1.165, 1.54) is 57.1 Å². The van der Waals surface area contributed by atoms with Gasteiger partial charge in [-0.3, -0.25) is 4.99 Å². The third kappa shape index (κ3) is 1.99. The maximum atomic E-state index is 10.8. The molecule has 0 saturated heterocycles. The van der Waals surface area contributed by atoms with Crippen molar-refractivity contribution in [3.63, 3.8) is 0 Å². The Morgan fingerprint density at radius 2 is 2.08 bits per heavy atom. The predicted octanol–water partition coefficient (Wildman–Crippen LogP) is 5.78. The summed E-state index contributed by atoms with van der Waals surface area (Å²) in [5, 5.41) is 0. The van der Waals surface area contributed by atoms with Crippen LogP contribution in [0.5, 0.6) is 0 Å². The molecule has 6 atom stereocenters. The van der Waals surface area contributed by atoms with E-state index in [-0.39, 0.29) is 0 Å². The summed E-state index contributed by atoms with van der Waals surface area (Å²) in [4.78, 5) is 15.4. The van der Waals surface area contributed by atoms with Crippen LogP contribution in [0, 0.1) is 34.0 Å². The molecule has 26 heavy (non-hydrogen) atoms. The molecule has 0 aliphatic heterocycles. The van der Waals surface area contributed by atoms with Gasteiger partial charge in [0.25, 0.3) is 0 Å². The van der Waals surface area contributed by atoms with Gasteiger partial charge >= 0.3 is 0 Å². The Kier molecular flexibility index (Phi) is 4.32. The summed E-state index contributed by atoms with van der Waals surface area (Å²) in [7, 11) is 0. The van der Waals surface area contributed by atoms with E-state index in [9.17, 15) is 4.79 Å². The van der Waals surface area contributed by atoms with E-state index >= 15 is 0 Å². The fraction of sp³-hybridized carbons (Fsp3) is 0.750. The molecular formula is C24H35NO. The lowest BCUT2D eigenvalue weighted by Gasteiger charge is -2.45. The Bertz CT molecular complexity index is 676. The van der Waals surface area contributed by atoms with Crippen molar-refractivity contribution in [2.75, 3.05) is 6.54 Å². The van der Waals surface area contributed by atoms with Crippen molar-refractivity contribution in [1.29, 1.82) is 0 Å². The normalized spacial score (nSPS) is 48.0. The Hall–Kier alpha value is -1.18. The van der Waals surface area contributed by atoms with Gasteiger partial charge in [0.05, 0.1) is 6.54 Å². The lowest BCUT2D eigenvalue weighted by atomic mass is 9.59. The number of hydrogen-bond donors (Lipinski definition) is 0. The summed E-state index contributed by atoms with van der Waals surface area (Å²) >= 11 is 0. The number of carbonyl (C=O) groups is 1. The summed E-state index contributed by atoms with van der Waals surface area (Å²) in [5.74, 6) is 2.33. The average Bonchev–Trinajstić information content (AvgIpc) is 2.86. The van der Waals surface area contributed by atoms with Crippen molar-refractivity contribution in [1.82, 2.24) is 0 Å². The largest absolute Gasteiger partial charge is 0.301 e. The molecule has 2 nitrogen and oxygen atoms in total. The van der Waals surface area contributed by atoms with Crippen molar-refractivity contribution in [2.45, 2.75) is 72.1 Å². The Balaban J connectivity index is 1.71. The zero-order valence-electron chi connectivity index (χ0n) is 16.9. The van der Waals surface area contributed by atoms with Crippen LogP contribution >= 0.6 is 0 Å². The topological polar surface area (TPSA) is 29.4 Å². The van der Waals surface area contributed by atoms with Gasteiger partial charge in [-0.25, -0.2) is 0 Å². The zero-order chi connectivity index (χ0) is 18.6. The molecule has 4 aliphatic rings. The SMILES string of the molecule is C=C/C=C1/CCC23C4CCC(C(C)=NCC=O)C4(C)CCC2C13CCC. The summed E-state index contributed by atoms with van der Waals surface area (Å²) in [6.07, 6.45) is 16.0. The minimum atomic E-state index is 0.336. The van der Waals surface area contributed by atoms with Gasteiger partial charge in [-0.1, -0.05) is 44.6 Å². The fourth-order valence-electron chi connectivity index (χ4n) is 8.63. The smallest absolute Gasteiger partial charge is 0.141 e. The molecule has 4 aliphatic carbocycles. The first-order chi connectivity index (χ1) is 12.5. The van der Waals surface area contributed by atoms with Gasteiger partial charge in [0.15, 0.2) is 0 Å². The van der Waals surface area contributed by atoms with E-state index in [4.69, 9.17) is 0 Å². The quantitative estimate of drug-likeness (QED) is 0.439. The number of carbonyl (C=O) groups excluding carboxylic acids is 1. The minimum Gasteiger partial charge on any atom is -0.301 e. The molecule has 4 rings (SSSR count). The summed E-state index contributed by atoms with van der Waals surface area (Å²) < 4.78 is 0. The molecule has 0 heterocycles. The molecule has 6 unspecified atom stereocenters. The van der Waals surface area contributed by atoms with Crippen molar-refractivity contribution in [3.8, 4) is 0 Å². The number of allylic oxidation sites excluding steroid dienone is 3. The second-order valence-corrected chi connectivity index (χ2v) is 9.62. The first-order valence-electron chi connectivity index (χ1n) is 10.8. The summed E-state index contributed by atoms with van der Waals surface area (Å²) in [6.45, 7) is 11.4. The second-order valence-electron chi connectivity index (χ2n) is 9.62. The Morgan fingerprint density at radius 1 is 1.27 bits per heavy atom. The fourth-order valence-corrected chi connectivity index (χ4v) is 8.63. The van der Waals surface area contributed by atoms with Gasteiger partial charge in [-0.05, 0) is 74.5 Å². The van der Waals surface area contributed by atoms with Crippen molar-refractivity contribution >= 4 is 12.0 Å². The molecule has 1 spiro atoms. The van der Waals surface area contributed by atoms with E-state index in [2.05, 4.69) is 38.4 Å². The highest BCUT2D eigenvalue weighted by Crippen LogP contribution is 2.90. The van der Waals surface area contributed by atoms with Crippen molar-refractivity contribution < 1.29 is 4.79 Å². The van der Waals surface area contributed by atoms with Gasteiger partial charge in [0, 0.05) is 17.0 Å². The van der Waals surface area contributed by atoms with E-state index in [1.54, 1.807) is 5.57 Å². The van der Waals surface area contributed by atoms with Gasteiger partial charge in [0.1, 0.15) is 6.29 Å². The molecule has 0 bridgehead atoms. The number of fused-ring (bicyclic) bond motifs is 2. The summed E-state index contributed by atoms with van der Waals surface area (Å²) in [6, 6.07) is 0. The molecule has 0 amide bonds. The number of aldehydes is 1. The van der Waals surface area contributed by atoms with E-state index < -0.39 is 0 Å². The highest BCUT2D eigenvalue weighted by molar-refractivity contribution is 5.86. The van der Waals surface area contributed by atoms with Crippen LogP contribution < -0.4 is 0 Å². The van der Waals surface area contributed by atoms with Crippen molar-refractivity contribution in [2.24, 2.45) is 39.0 Å². The minimum absolute atomic E-state index is 0.336. The van der Waals surface area contributed by atoms with Gasteiger partial charge in [-0.2, -0.15) is 0 Å². The third-order valence-corrected chi connectivity index (χ3v) is 9.16. The maximum absolute atomic E-state index is 10.8. The first kappa shape index (κ1) is 18.2. The van der Waals surface area contributed by atoms with Gasteiger partial charge in [0.2, 0.25) is 0 Å². The van der Waals surface area contributed by atoms with Crippen molar-refractivity contribution in [3.05, 3.63) is 24.3 Å². The van der Waals surface area contributed by atoms with E-state index in [0.29, 0.717) is 28.7 Å². The average molecular weight is 354 g/mol. The van der Waals surface area contributed by atoms with Crippen LogP contribution in [0.4, 0.5) is 0 Å². The van der Waals surface area contributed by atoms with Crippen LogP contribution in [0.15, 0.2) is 29.3 Å². The molecular weight excluding hydrogens is 318 g/mol. The number of rotatable bonds is 6. The third-order valence-electron chi connectivity index (χ3n) is 9.16. The maximum Gasteiger partial charge on any atom is 0.141 e. The van der Waals surface area contributed by atoms with E-state index in [1.807, 2.05) is 6.08 Å². The highest BCUT2D eigenvalue weighted by Gasteiger charge is 2.84. The van der Waals surface area contributed by atoms with Crippen LogP contribution in [-0.2, 0) is 4.79 Å². The molecule has 4 saturated carbocycles. The lowest BCUT2D eigenvalue weighted by Crippen LogP contribution is -2.40. The standard InChI is InChI=1S/C24H35NO/c1-5-7-18-10-14-24-20-9-8-19(17(3)25-15-16-26)22(20,4)13-11-21(24)23(18,24)12-6-2/h5,7,16,19-21H,1,6,8-15H2,2-4H3/b18-7-,25-17?. The molecule has 0 aromatic rings. The van der Waals surface area contributed by atoms with Crippen LogP contribution in [0.2, 0.25) is 0 Å². The number of hydrogen-bond acceptors (Lipinski definition) is 2. The molecule has 4 fully saturated rings. The molecule has 0 aromatic heterocycles. The first-order valence-corrected chi connectivity index (χ1v) is 10.8. The highest BCUT2D eigenvalue weighted by atomic mass is 16.1. The van der Waals surface area contributed by atoms with Crippen LogP contribution in [0.1, 0.15) is 72.1 Å².